The summed E-state index contributed by atoms with van der Waals surface area (Å²) in [4.78, 5) is 59.5. The van der Waals surface area contributed by atoms with Gasteiger partial charge in [0, 0.05) is 16.7 Å². The maximum Gasteiger partial charge on any atom is 0.276 e. The number of carboxylic acid groups (broad SMARTS) is 1. The summed E-state index contributed by atoms with van der Waals surface area (Å²) >= 11 is 2.42. The lowest BCUT2D eigenvalue weighted by atomic mass is 10.0. The number of thiazole rings is 1. The molecule has 14 nitrogen and oxygen atoms in total. The number of rotatable bonds is 8. The molecule has 0 spiro atoms. The number of nitrogens with two attached hydrogens (primary N) is 2. The molecule has 2 aliphatic heterocycles. The Balaban J connectivity index is 1.36. The number of amides is 3. The molecule has 0 aromatic carbocycles. The van der Waals surface area contributed by atoms with Crippen LogP contribution in [-0.2, 0) is 25.8 Å². The second-order valence-electron chi connectivity index (χ2n) is 8.27. The third-order valence-corrected chi connectivity index (χ3v) is 7.98. The second-order valence-corrected chi connectivity index (χ2v) is 10.3. The van der Waals surface area contributed by atoms with Crippen molar-refractivity contribution < 1.29 is 33.7 Å². The normalized spacial score (nSPS) is 19.2. The van der Waals surface area contributed by atoms with E-state index in [4.69, 9.17) is 16.3 Å². The maximum atomic E-state index is 13.0. The zero-order chi connectivity index (χ0) is 27.1. The lowest BCUT2D eigenvalue weighted by molar-refractivity contribution is -0.688. The first-order valence-corrected chi connectivity index (χ1v) is 12.9. The van der Waals surface area contributed by atoms with Gasteiger partial charge in [0.1, 0.15) is 35.4 Å². The average Bonchev–Trinajstić information content (AvgIpc) is 3.51. The number of nitrogen functional groups attached to an aromatic ring is 1. The molecule has 0 aliphatic carbocycles. The molecule has 3 aromatic heterocycles. The minimum atomic E-state index is -1.50. The highest BCUT2D eigenvalue weighted by molar-refractivity contribution is 8.00. The Labute approximate surface area is 222 Å². The Morgan fingerprint density at radius 3 is 2.82 bits per heavy atom. The summed E-state index contributed by atoms with van der Waals surface area (Å²) in [6.45, 7) is 0.160. The number of aliphatic carboxylic acids is 1. The van der Waals surface area contributed by atoms with E-state index in [1.807, 2.05) is 0 Å². The number of nitrogens with zero attached hydrogens (tertiary/aromatic N) is 5. The lowest BCUT2D eigenvalue weighted by Gasteiger charge is -2.50. The molecule has 38 heavy (non-hydrogen) atoms. The summed E-state index contributed by atoms with van der Waals surface area (Å²) in [5.74, 6) is -3.11. The van der Waals surface area contributed by atoms with Crippen LogP contribution in [0.25, 0.3) is 5.52 Å². The molecule has 16 heteroatoms. The van der Waals surface area contributed by atoms with E-state index in [0.717, 1.165) is 16.2 Å². The highest BCUT2D eigenvalue weighted by Gasteiger charge is 2.53. The van der Waals surface area contributed by atoms with Crippen molar-refractivity contribution in [3.05, 3.63) is 58.8 Å². The monoisotopic (exact) mass is 556 g/mol. The molecule has 0 saturated carbocycles. The minimum Gasteiger partial charge on any atom is -0.543 e. The third-order valence-electron chi connectivity index (χ3n) is 5.97. The smallest absolute Gasteiger partial charge is 0.276 e. The minimum absolute atomic E-state index is 0.160. The van der Waals surface area contributed by atoms with Crippen molar-refractivity contribution in [2.24, 2.45) is 10.9 Å². The van der Waals surface area contributed by atoms with Crippen LogP contribution in [0.3, 0.4) is 0 Å². The number of primary amides is 1. The SMILES string of the molecule is CO/N=C(\C(=O)N[C@@H]1C(=O)N2C(C(=O)[O-])=C(C[n+]3ccn4c(C(N)=O)ccc4c3)CS[C@@H]12)c1csc(N)n1. The molecule has 0 radical (unpaired) electrons. The number of hydrogen-bond donors (Lipinski definition) is 3. The van der Waals surface area contributed by atoms with Gasteiger partial charge in [0.15, 0.2) is 29.8 Å². The van der Waals surface area contributed by atoms with Crippen molar-refractivity contribution in [3.63, 3.8) is 0 Å². The van der Waals surface area contributed by atoms with E-state index in [0.29, 0.717) is 16.8 Å². The van der Waals surface area contributed by atoms with Gasteiger partial charge >= 0.3 is 0 Å². The molecule has 2 aliphatic rings. The fourth-order valence-electron chi connectivity index (χ4n) is 4.32. The Bertz CT molecular complexity index is 1560. The number of oxime groups is 1. The summed E-state index contributed by atoms with van der Waals surface area (Å²) in [6, 6.07) is 2.32. The van der Waals surface area contributed by atoms with Gasteiger partial charge in [0.05, 0.1) is 17.9 Å². The largest absolute Gasteiger partial charge is 0.543 e. The molecule has 0 bridgehead atoms. The maximum absolute atomic E-state index is 13.0. The number of aromatic nitrogens is 3. The molecule has 5 rings (SSSR count). The first-order valence-electron chi connectivity index (χ1n) is 11.0. The zero-order valence-corrected chi connectivity index (χ0v) is 21.3. The van der Waals surface area contributed by atoms with E-state index in [1.165, 1.54) is 24.3 Å². The standard InChI is InChI=1S/C22H20N8O6S2/c1-36-27-14(12-9-38-22(24)25-12)18(32)26-15-19(33)30-16(21(34)35)10(8-37-20(15)30)6-28-4-5-29-11(7-28)2-3-13(29)17(23)31/h2-5,7,9,15,20H,6,8H2,1H3,(H5-,23,24,25,26,31,32,34,35)/b27-14-/t15-,20+/m1/s1. The van der Waals surface area contributed by atoms with Gasteiger partial charge in [-0.15, -0.1) is 23.1 Å². The van der Waals surface area contributed by atoms with E-state index in [-0.39, 0.29) is 34.5 Å². The lowest BCUT2D eigenvalue weighted by Crippen LogP contribution is -2.71. The summed E-state index contributed by atoms with van der Waals surface area (Å²) in [5.41, 5.74) is 12.3. The molecule has 0 unspecified atom stereocenters. The summed E-state index contributed by atoms with van der Waals surface area (Å²) in [7, 11) is 1.26. The molecular formula is C22H20N8O6S2. The van der Waals surface area contributed by atoms with Crippen LogP contribution in [0.2, 0.25) is 0 Å². The zero-order valence-electron chi connectivity index (χ0n) is 19.7. The van der Waals surface area contributed by atoms with Crippen molar-refractivity contribution in [2.75, 3.05) is 18.6 Å². The molecule has 5 heterocycles. The van der Waals surface area contributed by atoms with Crippen molar-refractivity contribution in [1.29, 1.82) is 0 Å². The van der Waals surface area contributed by atoms with E-state index in [9.17, 15) is 24.3 Å². The van der Waals surface area contributed by atoms with Gasteiger partial charge in [0.2, 0.25) is 0 Å². The van der Waals surface area contributed by atoms with Crippen molar-refractivity contribution in [2.45, 2.75) is 18.0 Å². The van der Waals surface area contributed by atoms with Gasteiger partial charge in [-0.05, 0) is 12.1 Å². The molecule has 2 atom stereocenters. The number of fused-ring (bicyclic) bond motifs is 2. The van der Waals surface area contributed by atoms with Crippen molar-refractivity contribution in [3.8, 4) is 0 Å². The molecule has 196 valence electrons. The fourth-order valence-corrected chi connectivity index (χ4v) is 6.20. The summed E-state index contributed by atoms with van der Waals surface area (Å²) in [6.07, 6.45) is 5.04. The molecule has 1 fully saturated rings. The van der Waals surface area contributed by atoms with Crippen LogP contribution in [0.4, 0.5) is 5.13 Å². The number of hydrogen-bond acceptors (Lipinski definition) is 11. The Hall–Kier alpha value is -4.44. The fraction of sp³-hybridized carbons (Fsp3) is 0.227. The molecule has 3 amide bonds. The first kappa shape index (κ1) is 25.2. The topological polar surface area (TPSA) is 201 Å². The second kappa shape index (κ2) is 9.79. The number of carbonyl (C=O) groups is 4. The summed E-state index contributed by atoms with van der Waals surface area (Å²) < 4.78 is 3.35. The number of thioether (sulfide) groups is 1. The Kier molecular flexibility index (Phi) is 6.50. The number of nitrogens with one attached hydrogen (secondary N) is 1. The van der Waals surface area contributed by atoms with E-state index in [2.05, 4.69) is 15.5 Å². The van der Waals surface area contributed by atoms with Crippen LogP contribution in [0.5, 0.6) is 0 Å². The van der Waals surface area contributed by atoms with Crippen LogP contribution in [0, 0.1) is 0 Å². The predicted octanol–water partition coefficient (Wildman–Crippen LogP) is -2.18. The van der Waals surface area contributed by atoms with Crippen LogP contribution in [-0.4, -0.2) is 68.0 Å². The third kappa shape index (κ3) is 4.32. The van der Waals surface area contributed by atoms with E-state index < -0.39 is 35.1 Å². The average molecular weight is 557 g/mol. The van der Waals surface area contributed by atoms with Gasteiger partial charge in [-0.2, -0.15) is 4.57 Å². The Morgan fingerprint density at radius 2 is 2.16 bits per heavy atom. The predicted molar refractivity (Wildman–Crippen MR) is 133 cm³/mol. The summed E-state index contributed by atoms with van der Waals surface area (Å²) in [5, 5.41) is 19.5. The van der Waals surface area contributed by atoms with Crippen LogP contribution < -0.4 is 26.5 Å². The Morgan fingerprint density at radius 1 is 1.37 bits per heavy atom. The number of carboxylic acids is 1. The van der Waals surface area contributed by atoms with Gasteiger partial charge < -0.3 is 35.9 Å². The highest BCUT2D eigenvalue weighted by Crippen LogP contribution is 2.40. The van der Waals surface area contributed by atoms with Crippen LogP contribution >= 0.6 is 23.1 Å². The van der Waals surface area contributed by atoms with Crippen molar-refractivity contribution >= 4 is 63.1 Å². The first-order chi connectivity index (χ1) is 18.2. The van der Waals surface area contributed by atoms with Gasteiger partial charge in [-0.1, -0.05) is 5.16 Å². The van der Waals surface area contributed by atoms with Gasteiger partial charge in [0.25, 0.3) is 17.7 Å². The van der Waals surface area contributed by atoms with Crippen LogP contribution in [0.1, 0.15) is 16.2 Å². The molecular weight excluding hydrogens is 536 g/mol. The molecule has 1 saturated heterocycles. The number of β-lactam (4-membered cyclic amide) rings is 1. The molecule has 5 N–H and O–H groups in total. The highest BCUT2D eigenvalue weighted by atomic mass is 32.2. The van der Waals surface area contributed by atoms with E-state index >= 15 is 0 Å². The number of carbonyl (C=O) groups excluding carboxylic acids is 4. The van der Waals surface area contributed by atoms with Crippen molar-refractivity contribution in [1.82, 2.24) is 19.6 Å². The number of anilines is 1. The van der Waals surface area contributed by atoms with Gasteiger partial charge in [-0.3, -0.25) is 19.3 Å². The quantitative estimate of drug-likeness (QED) is 0.119. The molecule has 3 aromatic rings. The van der Waals surface area contributed by atoms with Crippen LogP contribution in [0.15, 0.2) is 52.5 Å². The van der Waals surface area contributed by atoms with Gasteiger partial charge in [-0.25, -0.2) is 4.98 Å². The van der Waals surface area contributed by atoms with E-state index in [1.54, 1.807) is 39.7 Å².